The van der Waals surface area contributed by atoms with Crippen LogP contribution in [0.1, 0.15) is 127 Å². The molecule has 13 aliphatic rings. The Labute approximate surface area is 944 Å². The molecule has 0 spiro atoms. The van der Waals surface area contributed by atoms with Crippen molar-refractivity contribution < 1.29 is 182 Å². The molecule has 0 aromatic rings. The van der Waals surface area contributed by atoms with Gasteiger partial charge in [0.25, 0.3) is 23.6 Å². The van der Waals surface area contributed by atoms with Crippen molar-refractivity contribution in [1.29, 1.82) is 0 Å². The van der Waals surface area contributed by atoms with Gasteiger partial charge in [-0.05, 0) is 77.7 Å². The number of imide groups is 1. The van der Waals surface area contributed by atoms with Crippen molar-refractivity contribution in [3.05, 3.63) is 99.6 Å². The van der Waals surface area contributed by atoms with Crippen LogP contribution in [0.2, 0.25) is 0 Å². The molecule has 17 N–H and O–H groups in total. The largest absolute Gasteiger partial charge is 0.477 e. The lowest BCUT2D eigenvalue weighted by molar-refractivity contribution is -0.247. The number of carbonyl (C=O) groups excluding carboxylic acids is 11. The first-order chi connectivity index (χ1) is 70.9. The first-order valence-electron chi connectivity index (χ1n) is 45.8. The van der Waals surface area contributed by atoms with Crippen LogP contribution in [0, 0.1) is 11.8 Å². The highest BCUT2D eigenvalue weighted by atomic mass is 32.2. The van der Waals surface area contributed by atoms with Crippen LogP contribution in [-0.2, 0) is 101 Å². The molecule has 13 aliphatic heterocycles. The molecule has 4 amide bonds. The molecule has 13 rings (SSSR count). The number of carboxylic acids is 9. The SMILES string of the molecule is CC(=O)C1=C(C(=O)O)SCCS1.CC(=O)C1=C(C(=O)O)SCCS1.CC(=O)C1=C(C(=O)O)SCCS1.CCC(CO)CC(=O)C1=C(C(=O)O)SCCS1.CCC1=C(C(=O)O)N2C(=O)C(N3C(=O)C4=C(SCCS4)C3=O)C2SC1.CCC1O[C@@H](O)[C@@H](NC(=O)C2=C(C(=O)O)SCCS2)[C@@H](O)[C@@H]1O.CC[C@H](CO)CC(=O)C1=C(C(=O)O)SCCS1.C[C@@H](O)CCC(=O)C1=C(C(=O)O)SCCS1.C[C@H](O)CCC(=O)C1=C(C(=O)O)SCCS1. The number of aliphatic hydroxyl groups excluding tert-OH is 7. The predicted molar refractivity (Wildman–Crippen MR) is 602 cm³/mol. The van der Waals surface area contributed by atoms with Gasteiger partial charge in [-0.15, -0.1) is 223 Å². The molecular weight excluding hydrogens is 2340 g/mol. The summed E-state index contributed by atoms with van der Waals surface area (Å²) >= 11 is 24.2. The van der Waals surface area contributed by atoms with E-state index in [-0.39, 0.29) is 141 Å². The molecule has 11 atom stereocenters. The fourth-order valence-electron chi connectivity index (χ4n) is 13.7. The van der Waals surface area contributed by atoms with E-state index in [2.05, 4.69) is 5.32 Å². The Hall–Kier alpha value is -5.27. The topological polar surface area (TPSA) is 693 Å². The van der Waals surface area contributed by atoms with Crippen LogP contribution in [0.5, 0.6) is 0 Å². The molecule has 4 unspecified atom stereocenters. The average molecular weight is 2450 g/mol. The van der Waals surface area contributed by atoms with Crippen molar-refractivity contribution in [3.63, 3.8) is 0 Å². The Morgan fingerprint density at radius 3 is 0.880 bits per heavy atom. The van der Waals surface area contributed by atoms with Gasteiger partial charge in [-0.3, -0.25) is 62.5 Å². The van der Waals surface area contributed by atoms with Crippen molar-refractivity contribution in [1.82, 2.24) is 15.1 Å². The van der Waals surface area contributed by atoms with E-state index in [0.717, 1.165) is 133 Å². The lowest BCUT2D eigenvalue weighted by Gasteiger charge is -2.51. The van der Waals surface area contributed by atoms with Crippen LogP contribution in [0.3, 0.4) is 0 Å². The number of Topliss-reactive ketones (excluding diaryl/α,β-unsaturated/α-hetero) is 7. The molecule has 2 saturated heterocycles. The van der Waals surface area contributed by atoms with Crippen LogP contribution in [0.4, 0.5) is 0 Å². The summed E-state index contributed by atoms with van der Waals surface area (Å²) in [5.41, 5.74) is 0.705. The van der Waals surface area contributed by atoms with Gasteiger partial charge < -0.3 is 91.8 Å². The van der Waals surface area contributed by atoms with Gasteiger partial charge in [0, 0.05) is 148 Å². The number of rotatable bonds is 35. The molecule has 0 aromatic heterocycles. The zero-order valence-corrected chi connectivity index (χ0v) is 97.7. The summed E-state index contributed by atoms with van der Waals surface area (Å²) in [7, 11) is 0. The van der Waals surface area contributed by atoms with E-state index >= 15 is 0 Å². The maximum atomic E-state index is 12.7. The van der Waals surface area contributed by atoms with Crippen LogP contribution in [0.15, 0.2) is 99.6 Å². The first-order valence-corrected chi connectivity index (χ1v) is 64.6. The Kier molecular flexibility index (Phi) is 62.3. The van der Waals surface area contributed by atoms with E-state index in [1.807, 2.05) is 20.8 Å². The van der Waals surface area contributed by atoms with Gasteiger partial charge in [0.2, 0.25) is 0 Å². The minimum Gasteiger partial charge on any atom is -0.477 e. The molecule has 59 heteroatoms. The van der Waals surface area contributed by atoms with Gasteiger partial charge in [-0.1, -0.05) is 40.5 Å². The number of hydrogen-bond acceptors (Lipinski definition) is 47. The molecule has 40 nitrogen and oxygen atoms in total. The van der Waals surface area contributed by atoms with E-state index in [1.54, 1.807) is 20.8 Å². The minimum absolute atomic E-state index is 0.00747. The van der Waals surface area contributed by atoms with Gasteiger partial charge in [0.15, 0.2) is 46.8 Å². The van der Waals surface area contributed by atoms with Gasteiger partial charge in [-0.25, -0.2) is 43.2 Å². The third-order valence-corrected chi connectivity index (χ3v) is 45.9. The highest BCUT2D eigenvalue weighted by Crippen LogP contribution is 2.50. The number of ketones is 7. The second-order valence-corrected chi connectivity index (χ2v) is 53.0. The van der Waals surface area contributed by atoms with Crippen LogP contribution >= 0.6 is 223 Å². The highest BCUT2D eigenvalue weighted by Gasteiger charge is 2.61. The summed E-state index contributed by atoms with van der Waals surface area (Å²) in [4.78, 5) is 236. The van der Waals surface area contributed by atoms with Crippen LogP contribution in [0.25, 0.3) is 0 Å². The van der Waals surface area contributed by atoms with Crippen LogP contribution in [-0.4, -0.2) is 386 Å². The first kappa shape index (κ1) is 135. The quantitative estimate of drug-likeness (QED) is 0.0207. The van der Waals surface area contributed by atoms with E-state index in [0.29, 0.717) is 92.7 Å². The van der Waals surface area contributed by atoms with Crippen molar-refractivity contribution >= 4 is 341 Å². The Balaban J connectivity index is 0.000000300. The fourth-order valence-corrected chi connectivity index (χ4v) is 35.5. The number of nitrogens with zero attached hydrogens (tertiary/aromatic N) is 2. The number of ether oxygens (including phenoxy) is 1. The van der Waals surface area contributed by atoms with Gasteiger partial charge in [-0.2, -0.15) is 0 Å². The summed E-state index contributed by atoms with van der Waals surface area (Å²) in [6.45, 7) is 14.8. The van der Waals surface area contributed by atoms with E-state index < -0.39 is 132 Å². The smallest absolute Gasteiger partial charge is 0.352 e. The second kappa shape index (κ2) is 69.2. The van der Waals surface area contributed by atoms with Gasteiger partial charge >= 0.3 is 53.7 Å². The molecular formula is C91H117N3O37S19. The number of hydrogen-bond donors (Lipinski definition) is 17. The Morgan fingerprint density at radius 1 is 0.360 bits per heavy atom. The summed E-state index contributed by atoms with van der Waals surface area (Å²) in [6.07, 6.45) is -1.97. The molecule has 832 valence electrons. The molecule has 0 saturated carbocycles. The van der Waals surface area contributed by atoms with Crippen LogP contribution < -0.4 is 5.32 Å². The fraction of sp³-hybridized carbons (Fsp3) is 0.560. The van der Waals surface area contributed by atoms with Crippen molar-refractivity contribution in [2.24, 2.45) is 11.8 Å². The Bertz CT molecular complexity index is 5020. The predicted octanol–water partition coefficient (Wildman–Crippen LogP) is 10.7. The Morgan fingerprint density at radius 2 is 0.627 bits per heavy atom. The van der Waals surface area contributed by atoms with Gasteiger partial charge in [0.1, 0.15) is 74.6 Å². The number of carboxylic acid groups (broad SMARTS) is 9. The molecule has 2 fully saturated rings. The number of aliphatic hydroxyl groups is 7. The maximum Gasteiger partial charge on any atom is 0.352 e. The molecule has 0 radical (unpaired) electrons. The number of β-lactam (4-membered cyclic amide) rings is 1. The molecule has 0 aromatic carbocycles. The summed E-state index contributed by atoms with van der Waals surface area (Å²) in [6, 6.07) is -2.15. The number of aliphatic carboxylic acids is 9. The number of nitrogens with one attached hydrogen (secondary N) is 1. The number of thioether (sulfide) groups is 19. The van der Waals surface area contributed by atoms with Crippen molar-refractivity contribution in [2.45, 2.75) is 181 Å². The number of allylic oxidation sites excluding steroid dienone is 7. The second-order valence-electron chi connectivity index (χ2n) is 32.0. The normalized spacial score (nSPS) is 22.5. The molecule has 13 heterocycles. The van der Waals surface area contributed by atoms with Crippen molar-refractivity contribution in [3.8, 4) is 0 Å². The third kappa shape index (κ3) is 40.9. The highest BCUT2D eigenvalue weighted by molar-refractivity contribution is 8.15. The minimum atomic E-state index is -1.49. The number of carbonyl (C=O) groups is 20. The molecule has 150 heavy (non-hydrogen) atoms. The lowest BCUT2D eigenvalue weighted by atomic mass is 9.95. The molecule has 0 bridgehead atoms. The van der Waals surface area contributed by atoms with Crippen molar-refractivity contribution in [2.75, 3.05) is 123 Å². The maximum absolute atomic E-state index is 12.7. The zero-order chi connectivity index (χ0) is 112. The molecule has 0 aliphatic carbocycles. The van der Waals surface area contributed by atoms with Gasteiger partial charge in [0.05, 0.1) is 67.4 Å². The number of amides is 4. The standard InChI is InChI=1S/C15H14N2O5S3.C13H19NO7S2.2C11H16O4S2.2C10H14O4S2.3C7H8O3S2/c1-2-6-5-25-14-8(11(18)17(14)7(6)15(21)22)16-12(19)9-10(13(16)20)24-4-3-23-9;1-2-5-7(15)8(16)6(13(20)21-5)14-11(17)9-10(12(18)19)23-4-3-22-9;2*1-2-7(6-12)5-8(13)9-10(11(14)15)17-4-3-16-9;2*1-6(11)2-3-7(12)8-9(10(13)14)16-5-4-15-8;3*1-4(8)5-6(7(9)10)12-3-2-11-5/h8,14H,2-5H2,1H3,(H,21,22);5-8,13,15-16,20H,2-4H2,1H3,(H,14,17)(H,18,19);2*7,12H,2-6H2,1H3,(H,14,15);2*6,11H,2-5H2,1H3,(H,13,14);3*2-3H2,1H3,(H,9,10)/t;5?,6-,7+,8+,13+;7-;;2*6-;;;/m.00.10.../s1. The lowest BCUT2D eigenvalue weighted by Crippen LogP contribution is -2.71. The average Bonchev–Trinajstić information content (AvgIpc) is 1.44. The number of fused-ring (bicyclic) bond motifs is 1. The van der Waals surface area contributed by atoms with E-state index in [9.17, 15) is 116 Å². The van der Waals surface area contributed by atoms with E-state index in [1.165, 1.54) is 226 Å². The third-order valence-electron chi connectivity index (χ3n) is 21.1. The van der Waals surface area contributed by atoms with E-state index in [4.69, 9.17) is 66.0 Å². The summed E-state index contributed by atoms with van der Waals surface area (Å²) in [5.74, 6) is 1.15. The zero-order valence-electron chi connectivity index (χ0n) is 82.2. The monoisotopic (exact) mass is 2450 g/mol. The summed E-state index contributed by atoms with van der Waals surface area (Å²) in [5, 5.41) is 149. The summed E-state index contributed by atoms with van der Waals surface area (Å²) < 4.78 is 5.18.